The molecule has 1 fully saturated rings. The topological polar surface area (TPSA) is 388 Å². The first-order valence-electron chi connectivity index (χ1n) is 22.3. The maximum absolute atomic E-state index is 14.0. The highest BCUT2D eigenvalue weighted by atomic mass is 32.1. The molecule has 14 N–H and O–H groups in total. The molecule has 2 rings (SSSR count). The monoisotopic (exact) mass is 1010 g/mol. The summed E-state index contributed by atoms with van der Waals surface area (Å²) in [6.07, 6.45) is -1.45. The van der Waals surface area contributed by atoms with Gasteiger partial charge in [0.05, 0.1) is 19.0 Å². The smallest absolute Gasteiger partial charge is 0.305 e. The van der Waals surface area contributed by atoms with Crippen LogP contribution in [0.25, 0.3) is 0 Å². The normalized spacial score (nSPS) is 16.8. The van der Waals surface area contributed by atoms with Crippen molar-refractivity contribution in [3.8, 4) is 5.75 Å². The first-order valence-corrected chi connectivity index (χ1v) is 23.6. The van der Waals surface area contributed by atoms with E-state index in [4.69, 9.17) is 11.5 Å². The Kier molecular flexibility index (Phi) is 24.8. The van der Waals surface area contributed by atoms with Crippen LogP contribution in [0.5, 0.6) is 5.75 Å². The number of primary amides is 1. The van der Waals surface area contributed by atoms with Gasteiger partial charge in [0.2, 0.25) is 53.2 Å². The fourth-order valence-corrected chi connectivity index (χ4v) is 7.49. The number of phenols is 1. The molecule has 0 bridgehead atoms. The van der Waals surface area contributed by atoms with Crippen LogP contribution in [0.4, 0.5) is 0 Å². The van der Waals surface area contributed by atoms with Crippen molar-refractivity contribution in [2.75, 3.05) is 24.6 Å². The van der Waals surface area contributed by atoms with Gasteiger partial charge in [-0.3, -0.25) is 52.7 Å². The van der Waals surface area contributed by atoms with E-state index in [-0.39, 0.29) is 55.4 Å². The van der Waals surface area contributed by atoms with Gasteiger partial charge in [0.25, 0.3) is 0 Å². The van der Waals surface area contributed by atoms with E-state index in [1.165, 1.54) is 29.2 Å². The third kappa shape index (κ3) is 19.8. The Bertz CT molecular complexity index is 2010. The zero-order chi connectivity index (χ0) is 52.1. The van der Waals surface area contributed by atoms with Gasteiger partial charge in [-0.15, -0.1) is 0 Å². The molecule has 1 aromatic rings. The number of carboxylic acids is 2. The summed E-state index contributed by atoms with van der Waals surface area (Å²) < 4.78 is 0. The second-order valence-electron chi connectivity index (χ2n) is 17.1. The fourth-order valence-electron chi connectivity index (χ4n) is 7.08. The van der Waals surface area contributed by atoms with E-state index in [0.717, 1.165) is 0 Å². The number of rotatable bonds is 29. The lowest BCUT2D eigenvalue weighted by Gasteiger charge is -2.30. The lowest BCUT2D eigenvalue weighted by molar-refractivity contribution is -0.143. The second kappa shape index (κ2) is 29.0. The number of likely N-dealkylation sites (tertiary alicyclic amines) is 1. The maximum atomic E-state index is 14.0. The minimum absolute atomic E-state index is 0.0517. The van der Waals surface area contributed by atoms with Gasteiger partial charge in [0.1, 0.15) is 48.0 Å². The number of aliphatic carboxylic acids is 2. The predicted molar refractivity (Wildman–Crippen MR) is 254 cm³/mol. The molecule has 1 aromatic carbocycles. The molecule has 9 amide bonds. The van der Waals surface area contributed by atoms with Crippen molar-refractivity contribution in [2.45, 2.75) is 127 Å². The van der Waals surface area contributed by atoms with Crippen molar-refractivity contribution in [3.05, 3.63) is 29.8 Å². The van der Waals surface area contributed by atoms with E-state index >= 15 is 0 Å². The zero-order valence-electron chi connectivity index (χ0n) is 38.9. The number of benzene rings is 1. The average molecular weight is 1010 g/mol. The van der Waals surface area contributed by atoms with Crippen LogP contribution in [0.3, 0.4) is 0 Å². The number of carboxylic acid groups (broad SMARTS) is 2. The molecule has 1 saturated heterocycles. The Labute approximate surface area is 410 Å². The summed E-state index contributed by atoms with van der Waals surface area (Å²) in [4.78, 5) is 145. The molecule has 1 aliphatic rings. The van der Waals surface area contributed by atoms with Crippen LogP contribution in [-0.2, 0) is 59.2 Å². The average Bonchev–Trinajstić information content (AvgIpc) is 3.79. The summed E-state index contributed by atoms with van der Waals surface area (Å²) in [6.45, 7) is 6.48. The minimum Gasteiger partial charge on any atom is -0.508 e. The molecule has 0 aliphatic carbocycles. The van der Waals surface area contributed by atoms with Gasteiger partial charge in [-0.1, -0.05) is 46.2 Å². The minimum atomic E-state index is -1.92. The first-order chi connectivity index (χ1) is 32.4. The number of phenolic OH excluding ortho intramolecular Hbond substituents is 1. The molecule has 1 heterocycles. The number of aromatic hydroxyl groups is 1. The molecule has 1 aliphatic heterocycles. The summed E-state index contributed by atoms with van der Waals surface area (Å²) in [5, 5.41) is 46.1. The van der Waals surface area contributed by atoms with Crippen LogP contribution < -0.4 is 48.7 Å². The number of nitrogens with zero attached hydrogens (tertiary/aromatic N) is 1. The number of hydrogen-bond donors (Lipinski definition) is 14. The van der Waals surface area contributed by atoms with Gasteiger partial charge in [0, 0.05) is 30.9 Å². The van der Waals surface area contributed by atoms with Gasteiger partial charge in [-0.05, 0) is 55.2 Å². The molecule has 0 aromatic heterocycles. The van der Waals surface area contributed by atoms with E-state index < -0.39 is 145 Å². The summed E-state index contributed by atoms with van der Waals surface area (Å²) in [5.41, 5.74) is 11.5. The molecule has 9 atom stereocenters. The Hall–Kier alpha value is -6.15. The Morgan fingerprint density at radius 2 is 1.30 bits per heavy atom. The van der Waals surface area contributed by atoms with Crippen molar-refractivity contribution < 1.29 is 68.1 Å². The van der Waals surface area contributed by atoms with E-state index in [1.54, 1.807) is 27.7 Å². The molecule has 0 radical (unpaired) electrons. The molecule has 0 saturated carbocycles. The number of carbonyl (C=O) groups excluding carboxylic acids is 9. The number of carbonyl (C=O) groups is 11. The van der Waals surface area contributed by atoms with Crippen LogP contribution in [-0.4, -0.2) is 158 Å². The molecule has 0 unspecified atom stereocenters. The fraction of sp³-hybridized carbons (Fsp3) is 0.605. The summed E-state index contributed by atoms with van der Waals surface area (Å²) >= 11 is 8.23. The first kappa shape index (κ1) is 59.0. The lowest BCUT2D eigenvalue weighted by Crippen LogP contribution is -2.61. The highest BCUT2D eigenvalue weighted by molar-refractivity contribution is 7.80. The lowest BCUT2D eigenvalue weighted by atomic mass is 9.96. The Morgan fingerprint density at radius 3 is 1.86 bits per heavy atom. The molecule has 24 nitrogen and oxygen atoms in total. The van der Waals surface area contributed by atoms with Gasteiger partial charge in [0.15, 0.2) is 0 Å². The van der Waals surface area contributed by atoms with Crippen LogP contribution >= 0.6 is 25.3 Å². The van der Waals surface area contributed by atoms with Crippen LogP contribution in [0.2, 0.25) is 0 Å². The summed E-state index contributed by atoms with van der Waals surface area (Å²) in [7, 11) is 0. The summed E-state index contributed by atoms with van der Waals surface area (Å²) in [6, 6.07) is -5.39. The van der Waals surface area contributed by atoms with Crippen molar-refractivity contribution in [3.63, 3.8) is 0 Å². The second-order valence-corrected chi connectivity index (χ2v) is 17.8. The third-order valence-electron chi connectivity index (χ3n) is 11.0. The number of nitrogens with two attached hydrogens (primary N) is 2. The molecular weight excluding hydrogens is 945 g/mol. The SMILES string of the molecule is CC[C@H](C)[C@H](NC(=O)[C@H](Cc1ccc(O)cc1)NC(=O)[C@@H](N)CS)C(=O)N[C@@H](CCC(=O)O)C(=O)N[C@@H](CC(=O)O)C(=O)N[C@@H](CS)C(=O)N1CCC[C@H]1C(=O)N[C@@H](CC(C)C)C(=O)NCC(N)=O. The molecule has 69 heavy (non-hydrogen) atoms. The van der Waals surface area contributed by atoms with Crippen molar-refractivity contribution >= 4 is 90.4 Å². The predicted octanol–water partition coefficient (Wildman–Crippen LogP) is -2.95. The van der Waals surface area contributed by atoms with E-state index in [9.17, 15) is 68.1 Å². The van der Waals surface area contributed by atoms with E-state index in [1.807, 2.05) is 0 Å². The van der Waals surface area contributed by atoms with Crippen LogP contribution in [0, 0.1) is 11.8 Å². The number of hydrogen-bond acceptors (Lipinski definition) is 15. The summed E-state index contributed by atoms with van der Waals surface area (Å²) in [5.74, 6) is -12.1. The zero-order valence-corrected chi connectivity index (χ0v) is 40.7. The standard InChI is InChI=1S/C43H66N10O14S2/c1-5-22(4)35(52-40(64)28(48-36(60)25(44)19-68)16-23-8-10-24(54)11-9-23)42(66)47-26(12-13-33(56)57)38(62)49-29(17-34(58)59)39(63)51-30(20-69)43(67)53-14-6-7-31(53)41(65)50-27(15-21(2)3)37(61)46-18-32(45)55/h8-11,21-22,25-31,35,54,68-69H,5-7,12-20,44H2,1-4H3,(H2,45,55)(H,46,61)(H,47,66)(H,48,60)(H,49,62)(H,50,65)(H,51,63)(H,52,64)(H,56,57)(H,58,59)/t22-,25-,26-,27-,28-,29-,30-,31-,35-/m0/s1. The highest BCUT2D eigenvalue weighted by Crippen LogP contribution is 2.20. The number of thiol groups is 2. The molecule has 0 spiro atoms. The Morgan fingerprint density at radius 1 is 0.725 bits per heavy atom. The van der Waals surface area contributed by atoms with Crippen molar-refractivity contribution in [1.29, 1.82) is 0 Å². The van der Waals surface area contributed by atoms with Gasteiger partial charge in [-0.25, -0.2) is 0 Å². The van der Waals surface area contributed by atoms with Crippen molar-refractivity contribution in [2.24, 2.45) is 23.3 Å². The van der Waals surface area contributed by atoms with Gasteiger partial charge >= 0.3 is 11.9 Å². The highest BCUT2D eigenvalue weighted by Gasteiger charge is 2.40. The van der Waals surface area contributed by atoms with E-state index in [0.29, 0.717) is 12.0 Å². The maximum Gasteiger partial charge on any atom is 0.305 e. The number of nitrogens with one attached hydrogen (secondary N) is 7. The van der Waals surface area contributed by atoms with Gasteiger partial charge in [-0.2, -0.15) is 25.3 Å². The van der Waals surface area contributed by atoms with Gasteiger partial charge < -0.3 is 68.9 Å². The van der Waals surface area contributed by atoms with E-state index in [2.05, 4.69) is 62.5 Å². The number of amides is 9. The largest absolute Gasteiger partial charge is 0.508 e. The molecular formula is C43H66N10O14S2. The third-order valence-corrected chi connectivity index (χ3v) is 11.8. The molecule has 26 heteroatoms. The Balaban J connectivity index is 2.34. The quantitative estimate of drug-likeness (QED) is 0.0357. The molecule has 384 valence electrons. The van der Waals surface area contributed by atoms with Crippen molar-refractivity contribution in [1.82, 2.24) is 42.1 Å². The van der Waals surface area contributed by atoms with Crippen LogP contribution in [0.1, 0.15) is 78.2 Å². The van der Waals surface area contributed by atoms with Crippen LogP contribution in [0.15, 0.2) is 24.3 Å².